The van der Waals surface area contributed by atoms with E-state index in [1.54, 1.807) is 0 Å². The summed E-state index contributed by atoms with van der Waals surface area (Å²) in [6.07, 6.45) is 0. The fourth-order valence-electron chi connectivity index (χ4n) is 8.92. The molecule has 0 amide bonds. The Morgan fingerprint density at radius 1 is 0.400 bits per heavy atom. The van der Waals surface area contributed by atoms with E-state index in [4.69, 9.17) is 4.98 Å². The zero-order valence-electron chi connectivity index (χ0n) is 29.6. The molecule has 55 heavy (non-hydrogen) atoms. The second kappa shape index (κ2) is 11.7. The van der Waals surface area contributed by atoms with Crippen LogP contribution in [0.4, 0.5) is 0 Å². The minimum atomic E-state index is 1.01. The van der Waals surface area contributed by atoms with E-state index in [1.165, 1.54) is 91.7 Å². The number of hydrogen-bond donors (Lipinski definition) is 0. The van der Waals surface area contributed by atoms with E-state index >= 15 is 0 Å². The van der Waals surface area contributed by atoms with Crippen LogP contribution in [0.25, 0.3) is 108 Å². The van der Waals surface area contributed by atoms with Gasteiger partial charge in [0.05, 0.1) is 33.1 Å². The molecule has 0 aliphatic rings. The molecule has 0 bridgehead atoms. The van der Waals surface area contributed by atoms with E-state index in [-0.39, 0.29) is 0 Å². The maximum atomic E-state index is 4.97. The van der Waals surface area contributed by atoms with Crippen molar-refractivity contribution in [2.45, 2.75) is 0 Å². The molecular formula is C51H31N3S. The van der Waals surface area contributed by atoms with Crippen LogP contribution in [-0.4, -0.2) is 14.1 Å². The van der Waals surface area contributed by atoms with E-state index in [1.807, 2.05) is 11.3 Å². The number of pyridine rings is 1. The van der Waals surface area contributed by atoms with Gasteiger partial charge < -0.3 is 9.13 Å². The molecule has 4 heteroatoms. The van der Waals surface area contributed by atoms with Gasteiger partial charge in [-0.25, -0.2) is 4.98 Å². The van der Waals surface area contributed by atoms with Gasteiger partial charge in [-0.3, -0.25) is 0 Å². The summed E-state index contributed by atoms with van der Waals surface area (Å²) in [5, 5.41) is 9.89. The Hall–Kier alpha value is -7.01. The predicted molar refractivity (Wildman–Crippen MR) is 234 cm³/mol. The zero-order valence-corrected chi connectivity index (χ0v) is 30.5. The van der Waals surface area contributed by atoms with E-state index in [9.17, 15) is 0 Å². The number of nitrogens with zero attached hydrogens (tertiary/aromatic N) is 3. The van der Waals surface area contributed by atoms with E-state index in [0.29, 0.717) is 0 Å². The molecule has 0 aliphatic carbocycles. The minimum absolute atomic E-state index is 1.01. The first-order chi connectivity index (χ1) is 27.3. The molecule has 0 atom stereocenters. The van der Waals surface area contributed by atoms with Crippen LogP contribution >= 0.6 is 11.3 Å². The van der Waals surface area contributed by atoms with Crippen LogP contribution in [0.3, 0.4) is 0 Å². The Labute approximate surface area is 320 Å². The first-order valence-corrected chi connectivity index (χ1v) is 19.5. The molecule has 3 nitrogen and oxygen atoms in total. The molecule has 0 unspecified atom stereocenters. The maximum Gasteiger partial charge on any atom is 0.101 e. The normalized spacial score (nSPS) is 12.0. The molecule has 0 fully saturated rings. The number of hydrogen-bond acceptors (Lipinski definition) is 2. The van der Waals surface area contributed by atoms with Gasteiger partial charge in [-0.15, -0.1) is 11.3 Å². The molecule has 0 saturated heterocycles. The molecule has 256 valence electrons. The van der Waals surface area contributed by atoms with Crippen LogP contribution in [0, 0.1) is 0 Å². The molecule has 0 N–H and O–H groups in total. The van der Waals surface area contributed by atoms with Crippen LogP contribution in [0.1, 0.15) is 0 Å². The van der Waals surface area contributed by atoms with Gasteiger partial charge in [0, 0.05) is 48.3 Å². The first-order valence-electron chi connectivity index (χ1n) is 18.7. The second-order valence-electron chi connectivity index (χ2n) is 14.3. The lowest BCUT2D eigenvalue weighted by atomic mass is 9.96. The number of thiophene rings is 1. The molecule has 0 spiro atoms. The summed E-state index contributed by atoms with van der Waals surface area (Å²) in [7, 11) is 0. The molecular weight excluding hydrogens is 687 g/mol. The summed E-state index contributed by atoms with van der Waals surface area (Å²) >= 11 is 1.85. The predicted octanol–water partition coefficient (Wildman–Crippen LogP) is 14.1. The highest BCUT2D eigenvalue weighted by Crippen LogP contribution is 2.43. The van der Waals surface area contributed by atoms with E-state index < -0.39 is 0 Å². The molecule has 8 aromatic carbocycles. The van der Waals surface area contributed by atoms with Gasteiger partial charge in [-0.1, -0.05) is 121 Å². The Morgan fingerprint density at radius 3 is 1.76 bits per heavy atom. The second-order valence-corrected chi connectivity index (χ2v) is 15.4. The third-order valence-electron chi connectivity index (χ3n) is 11.3. The Morgan fingerprint density at radius 2 is 1.00 bits per heavy atom. The summed E-state index contributed by atoms with van der Waals surface area (Å²) in [5.41, 5.74) is 12.9. The van der Waals surface area contributed by atoms with Gasteiger partial charge in [0.25, 0.3) is 0 Å². The van der Waals surface area contributed by atoms with Gasteiger partial charge in [-0.05, 0) is 88.8 Å². The quantitative estimate of drug-likeness (QED) is 0.166. The van der Waals surface area contributed by atoms with Crippen molar-refractivity contribution in [2.24, 2.45) is 0 Å². The van der Waals surface area contributed by atoms with Gasteiger partial charge in [0.15, 0.2) is 0 Å². The third kappa shape index (κ3) is 4.52. The Kier molecular flexibility index (Phi) is 6.50. The van der Waals surface area contributed by atoms with Crippen LogP contribution in [0.15, 0.2) is 188 Å². The maximum absolute atomic E-state index is 4.97. The van der Waals surface area contributed by atoms with Crippen molar-refractivity contribution in [3.05, 3.63) is 188 Å². The van der Waals surface area contributed by atoms with Crippen molar-refractivity contribution in [2.75, 3.05) is 0 Å². The molecule has 0 radical (unpaired) electrons. The summed E-state index contributed by atoms with van der Waals surface area (Å²) in [6, 6.07) is 68.4. The zero-order chi connectivity index (χ0) is 36.0. The SMILES string of the molecule is c1ccc2sc(-n3c4ccccc4c4cc(-c5cccc6c5c5ccccc5n6-c5ccc(-c6c7ccccc7nc7ccccc67)cc5)ccc43)cc2c1. The average molecular weight is 718 g/mol. The largest absolute Gasteiger partial charge is 0.309 e. The average Bonchev–Trinajstić information content (AvgIpc) is 3.93. The van der Waals surface area contributed by atoms with Crippen molar-refractivity contribution in [3.8, 4) is 32.9 Å². The monoisotopic (exact) mass is 717 g/mol. The molecule has 0 saturated carbocycles. The van der Waals surface area contributed by atoms with Crippen molar-refractivity contribution in [1.29, 1.82) is 0 Å². The number of benzene rings is 8. The van der Waals surface area contributed by atoms with Crippen LogP contribution < -0.4 is 0 Å². The fourth-order valence-corrected chi connectivity index (χ4v) is 10.0. The minimum Gasteiger partial charge on any atom is -0.309 e. The number of rotatable bonds is 4. The fraction of sp³-hybridized carbons (Fsp3) is 0. The summed E-state index contributed by atoms with van der Waals surface area (Å²) in [5.74, 6) is 0. The van der Waals surface area contributed by atoms with Gasteiger partial charge >= 0.3 is 0 Å². The first kappa shape index (κ1) is 30.5. The smallest absolute Gasteiger partial charge is 0.101 e. The molecule has 4 heterocycles. The van der Waals surface area contributed by atoms with Crippen LogP contribution in [-0.2, 0) is 0 Å². The third-order valence-corrected chi connectivity index (χ3v) is 12.4. The summed E-state index contributed by atoms with van der Waals surface area (Å²) < 4.78 is 6.16. The van der Waals surface area contributed by atoms with Gasteiger partial charge in [0.2, 0.25) is 0 Å². The van der Waals surface area contributed by atoms with E-state index in [2.05, 4.69) is 197 Å². The number of para-hydroxylation sites is 4. The van der Waals surface area contributed by atoms with Crippen LogP contribution in [0.2, 0.25) is 0 Å². The molecule has 12 rings (SSSR count). The lowest BCUT2D eigenvalue weighted by Gasteiger charge is -2.13. The number of aromatic nitrogens is 3. The Balaban J connectivity index is 1.04. The summed E-state index contributed by atoms with van der Waals surface area (Å²) in [6.45, 7) is 0. The highest BCUT2D eigenvalue weighted by Gasteiger charge is 2.19. The number of fused-ring (bicyclic) bond motifs is 9. The Bertz CT molecular complexity index is 3400. The van der Waals surface area contributed by atoms with Crippen LogP contribution in [0.5, 0.6) is 0 Å². The highest BCUT2D eigenvalue weighted by atomic mass is 32.1. The molecule has 4 aromatic heterocycles. The highest BCUT2D eigenvalue weighted by molar-refractivity contribution is 7.21. The molecule has 12 aromatic rings. The van der Waals surface area contributed by atoms with Crippen molar-refractivity contribution in [3.63, 3.8) is 0 Å². The van der Waals surface area contributed by atoms with E-state index in [0.717, 1.165) is 16.7 Å². The van der Waals surface area contributed by atoms with Crippen molar-refractivity contribution in [1.82, 2.24) is 14.1 Å². The lowest BCUT2D eigenvalue weighted by Crippen LogP contribution is -1.94. The standard InChI is InChI=1S/C51H31N3S/c1-10-23-48-34(12-1)31-49(55-48)54-44-20-8-4-13-37(44)41-30-33(26-29-46(41)54)36-17-11-22-47-51(36)40-16-5-9-21-45(40)53(47)35-27-24-32(25-28-35)50-38-14-2-6-18-42(38)52-43-19-7-3-15-39(43)50/h1-31H. The lowest BCUT2D eigenvalue weighted by molar-refractivity contribution is 1.18. The summed E-state index contributed by atoms with van der Waals surface area (Å²) in [4.78, 5) is 4.97. The van der Waals surface area contributed by atoms with Gasteiger partial charge in [-0.2, -0.15) is 0 Å². The van der Waals surface area contributed by atoms with Crippen molar-refractivity contribution >= 4 is 86.8 Å². The topological polar surface area (TPSA) is 22.8 Å². The van der Waals surface area contributed by atoms with Crippen molar-refractivity contribution < 1.29 is 0 Å². The molecule has 0 aliphatic heterocycles. The van der Waals surface area contributed by atoms with Gasteiger partial charge in [0.1, 0.15) is 5.00 Å².